The third-order valence-electron chi connectivity index (χ3n) is 2.18. The van der Waals surface area contributed by atoms with Crippen LogP contribution in [0.25, 0.3) is 5.57 Å². The van der Waals surface area contributed by atoms with Crippen molar-refractivity contribution in [3.05, 3.63) is 40.6 Å². The van der Waals surface area contributed by atoms with Crippen LogP contribution in [-0.4, -0.2) is 20.2 Å². The lowest BCUT2D eigenvalue weighted by Gasteiger charge is -2.11. The van der Waals surface area contributed by atoms with Crippen LogP contribution in [0.15, 0.2) is 24.5 Å². The van der Waals surface area contributed by atoms with Gasteiger partial charge in [0.25, 0.3) is 0 Å². The van der Waals surface area contributed by atoms with Gasteiger partial charge in [0.2, 0.25) is 0 Å². The topological polar surface area (TPSA) is 35.5 Å². The molecule has 0 aliphatic rings. The van der Waals surface area contributed by atoms with E-state index in [1.165, 1.54) is 20.5 Å². The summed E-state index contributed by atoms with van der Waals surface area (Å²) in [5.41, 5.74) is 1.86. The lowest BCUT2D eigenvalue weighted by Crippen LogP contribution is -2.06. The number of carbonyl (C=O) groups excluding carboxylic acids is 1. The van der Waals surface area contributed by atoms with Gasteiger partial charge in [-0.1, -0.05) is 39.7 Å². The molecule has 0 unspecified atom stereocenters. The quantitative estimate of drug-likeness (QED) is 0.369. The van der Waals surface area contributed by atoms with Crippen molar-refractivity contribution in [1.29, 1.82) is 0 Å². The Bertz CT molecular complexity index is 443. The van der Waals surface area contributed by atoms with E-state index in [0.29, 0.717) is 21.5 Å². The number of halogens is 2. The maximum atomic E-state index is 11.7. The summed E-state index contributed by atoms with van der Waals surface area (Å²) < 4.78 is 9.61. The predicted molar refractivity (Wildman–Crippen MR) is 71.1 cm³/mol. The SMILES string of the molecule is CO/C=C(/C(=O)OC)c1cccc(Cl)c1CBr. The number of benzene rings is 1. The molecular formula is C12H12BrClO3. The second-order valence-electron chi connectivity index (χ2n) is 3.16. The molecule has 0 aliphatic heterocycles. The molecule has 0 atom stereocenters. The van der Waals surface area contributed by atoms with Crippen LogP contribution < -0.4 is 0 Å². The molecule has 3 nitrogen and oxygen atoms in total. The Hall–Kier alpha value is -1.000. The van der Waals surface area contributed by atoms with E-state index in [1.54, 1.807) is 18.2 Å². The summed E-state index contributed by atoms with van der Waals surface area (Å²) in [6, 6.07) is 5.34. The molecule has 17 heavy (non-hydrogen) atoms. The summed E-state index contributed by atoms with van der Waals surface area (Å²) in [6.45, 7) is 0. The van der Waals surface area contributed by atoms with Crippen LogP contribution in [0.3, 0.4) is 0 Å². The Morgan fingerprint density at radius 1 is 1.47 bits per heavy atom. The van der Waals surface area contributed by atoms with Gasteiger partial charge in [-0.2, -0.15) is 0 Å². The molecule has 0 aromatic heterocycles. The first-order valence-corrected chi connectivity index (χ1v) is 6.30. The molecule has 0 amide bonds. The Kier molecular flexibility index (Phi) is 5.51. The fourth-order valence-corrected chi connectivity index (χ4v) is 2.40. The standard InChI is InChI=1S/C12H12BrClO3/c1-16-7-10(12(15)17-2)8-4-3-5-11(14)9(8)6-13/h3-5,7H,6H2,1-2H3/b10-7+. The van der Waals surface area contributed by atoms with Crippen molar-refractivity contribution in [2.75, 3.05) is 14.2 Å². The summed E-state index contributed by atoms with van der Waals surface area (Å²) in [5, 5.41) is 1.13. The van der Waals surface area contributed by atoms with E-state index in [9.17, 15) is 4.79 Å². The van der Waals surface area contributed by atoms with Crippen LogP contribution in [0.4, 0.5) is 0 Å². The van der Waals surface area contributed by atoms with Gasteiger partial charge in [0.1, 0.15) is 5.57 Å². The minimum absolute atomic E-state index is 0.340. The second kappa shape index (κ2) is 6.67. The lowest BCUT2D eigenvalue weighted by molar-refractivity contribution is -0.133. The third kappa shape index (κ3) is 3.23. The highest BCUT2D eigenvalue weighted by Gasteiger charge is 2.17. The third-order valence-corrected chi connectivity index (χ3v) is 3.10. The van der Waals surface area contributed by atoms with Crippen LogP contribution in [0.2, 0.25) is 5.02 Å². The minimum Gasteiger partial charge on any atom is -0.503 e. The van der Waals surface area contributed by atoms with E-state index in [2.05, 4.69) is 15.9 Å². The molecule has 0 heterocycles. The predicted octanol–water partition coefficient (Wildman–Crippen LogP) is 3.40. The van der Waals surface area contributed by atoms with E-state index >= 15 is 0 Å². The maximum absolute atomic E-state index is 11.7. The van der Waals surface area contributed by atoms with Crippen molar-refractivity contribution >= 4 is 39.1 Å². The molecule has 0 bridgehead atoms. The minimum atomic E-state index is -0.462. The van der Waals surface area contributed by atoms with Gasteiger partial charge >= 0.3 is 5.97 Å². The number of esters is 1. The average Bonchev–Trinajstić information content (AvgIpc) is 2.34. The summed E-state index contributed by atoms with van der Waals surface area (Å²) >= 11 is 9.42. The molecule has 0 fully saturated rings. The van der Waals surface area contributed by atoms with Crippen molar-refractivity contribution < 1.29 is 14.3 Å². The first-order chi connectivity index (χ1) is 8.15. The molecule has 0 N–H and O–H groups in total. The van der Waals surface area contributed by atoms with Gasteiger partial charge < -0.3 is 9.47 Å². The van der Waals surface area contributed by atoms with Crippen molar-refractivity contribution in [2.24, 2.45) is 0 Å². The molecule has 1 aromatic rings. The number of ether oxygens (including phenoxy) is 2. The molecule has 0 saturated heterocycles. The van der Waals surface area contributed by atoms with Crippen LogP contribution in [0, 0.1) is 0 Å². The Labute approximate surface area is 113 Å². The number of carbonyl (C=O) groups is 1. The molecule has 0 saturated carbocycles. The number of hydrogen-bond acceptors (Lipinski definition) is 3. The summed E-state index contributed by atoms with van der Waals surface area (Å²) in [5.74, 6) is -0.462. The highest BCUT2D eigenvalue weighted by molar-refractivity contribution is 9.08. The first kappa shape index (κ1) is 14.1. The van der Waals surface area contributed by atoms with E-state index in [0.717, 1.165) is 5.56 Å². The van der Waals surface area contributed by atoms with Gasteiger partial charge in [-0.3, -0.25) is 0 Å². The lowest BCUT2D eigenvalue weighted by atomic mass is 10.0. The second-order valence-corrected chi connectivity index (χ2v) is 4.13. The van der Waals surface area contributed by atoms with Gasteiger partial charge in [0.15, 0.2) is 0 Å². The smallest absolute Gasteiger partial charge is 0.341 e. The first-order valence-electron chi connectivity index (χ1n) is 4.80. The Morgan fingerprint density at radius 3 is 2.71 bits per heavy atom. The molecule has 0 spiro atoms. The van der Waals surface area contributed by atoms with Crippen LogP contribution in [0.5, 0.6) is 0 Å². The number of hydrogen-bond donors (Lipinski definition) is 0. The summed E-state index contributed by atoms with van der Waals surface area (Å²) in [7, 11) is 2.80. The molecule has 1 aromatic carbocycles. The highest BCUT2D eigenvalue weighted by Crippen LogP contribution is 2.28. The average molecular weight is 320 g/mol. The summed E-state index contributed by atoms with van der Waals surface area (Å²) in [6.07, 6.45) is 1.35. The molecule has 1 rings (SSSR count). The zero-order chi connectivity index (χ0) is 12.8. The van der Waals surface area contributed by atoms with E-state index in [-0.39, 0.29) is 0 Å². The number of rotatable bonds is 4. The summed E-state index contributed by atoms with van der Waals surface area (Å²) in [4.78, 5) is 11.7. The fourth-order valence-electron chi connectivity index (χ4n) is 1.40. The van der Waals surface area contributed by atoms with Crippen LogP contribution >= 0.6 is 27.5 Å². The Morgan fingerprint density at radius 2 is 2.18 bits per heavy atom. The van der Waals surface area contributed by atoms with Crippen LogP contribution in [-0.2, 0) is 19.6 Å². The number of methoxy groups -OCH3 is 2. The molecule has 5 heteroatoms. The van der Waals surface area contributed by atoms with Crippen molar-refractivity contribution in [2.45, 2.75) is 5.33 Å². The van der Waals surface area contributed by atoms with E-state index < -0.39 is 5.97 Å². The molecular weight excluding hydrogens is 307 g/mol. The molecule has 0 aliphatic carbocycles. The van der Waals surface area contributed by atoms with Gasteiger partial charge in [-0.25, -0.2) is 4.79 Å². The normalized spacial score (nSPS) is 11.2. The van der Waals surface area contributed by atoms with Gasteiger partial charge in [-0.05, 0) is 17.2 Å². The van der Waals surface area contributed by atoms with Crippen LogP contribution in [0.1, 0.15) is 11.1 Å². The van der Waals surface area contributed by atoms with Crippen molar-refractivity contribution in [1.82, 2.24) is 0 Å². The monoisotopic (exact) mass is 318 g/mol. The molecule has 92 valence electrons. The van der Waals surface area contributed by atoms with Gasteiger partial charge in [0.05, 0.1) is 20.5 Å². The Balaban J connectivity index is 3.33. The zero-order valence-electron chi connectivity index (χ0n) is 9.50. The fraction of sp³-hybridized carbons (Fsp3) is 0.250. The molecule has 0 radical (unpaired) electrons. The highest BCUT2D eigenvalue weighted by atomic mass is 79.9. The zero-order valence-corrected chi connectivity index (χ0v) is 11.8. The largest absolute Gasteiger partial charge is 0.503 e. The maximum Gasteiger partial charge on any atom is 0.341 e. The van der Waals surface area contributed by atoms with Gasteiger partial charge in [0, 0.05) is 10.4 Å². The van der Waals surface area contributed by atoms with E-state index in [1.807, 2.05) is 0 Å². The van der Waals surface area contributed by atoms with Crippen molar-refractivity contribution in [3.8, 4) is 0 Å². The van der Waals surface area contributed by atoms with Crippen molar-refractivity contribution in [3.63, 3.8) is 0 Å². The number of alkyl halides is 1. The van der Waals surface area contributed by atoms with Gasteiger partial charge in [-0.15, -0.1) is 0 Å². The van der Waals surface area contributed by atoms with E-state index in [4.69, 9.17) is 21.1 Å².